The zero-order valence-corrected chi connectivity index (χ0v) is 21.7. The number of aliphatic hydroxyl groups excluding tert-OH is 1. The van der Waals surface area contributed by atoms with Crippen molar-refractivity contribution in [2.45, 2.75) is 58.0 Å². The van der Waals surface area contributed by atoms with Crippen LogP contribution in [0.3, 0.4) is 0 Å². The molecule has 9 nitrogen and oxygen atoms in total. The van der Waals surface area contributed by atoms with Crippen LogP contribution in [0.2, 0.25) is 0 Å². The van der Waals surface area contributed by atoms with E-state index in [0.29, 0.717) is 28.5 Å². The lowest BCUT2D eigenvalue weighted by molar-refractivity contribution is -0.115. The van der Waals surface area contributed by atoms with Crippen molar-refractivity contribution in [3.8, 4) is 10.6 Å². The van der Waals surface area contributed by atoms with Gasteiger partial charge in [0.1, 0.15) is 23.0 Å². The molecule has 1 amide bonds. The summed E-state index contributed by atoms with van der Waals surface area (Å²) in [5.41, 5.74) is 1.09. The number of aryl methyl sites for hydroxylation is 1. The quantitative estimate of drug-likeness (QED) is 0.410. The molecule has 0 saturated carbocycles. The van der Waals surface area contributed by atoms with Crippen LogP contribution < -0.4 is 10.6 Å². The van der Waals surface area contributed by atoms with E-state index in [-0.39, 0.29) is 25.1 Å². The van der Waals surface area contributed by atoms with Crippen molar-refractivity contribution in [2.75, 3.05) is 30.3 Å². The first kappa shape index (κ1) is 26.9. The molecule has 3 aromatic rings. The number of aliphatic hydroxyl groups is 1. The number of amides is 1. The minimum atomic E-state index is -4.44. The second-order valence-electron chi connectivity index (χ2n) is 9.86. The van der Waals surface area contributed by atoms with Gasteiger partial charge in [0.25, 0.3) is 0 Å². The van der Waals surface area contributed by atoms with Crippen molar-refractivity contribution in [1.29, 1.82) is 0 Å². The predicted octanol–water partition coefficient (Wildman–Crippen LogP) is 4.82. The predicted molar refractivity (Wildman–Crippen MR) is 136 cm³/mol. The zero-order chi connectivity index (χ0) is 27.0. The Morgan fingerprint density at radius 2 is 1.95 bits per heavy atom. The molecule has 1 aliphatic rings. The van der Waals surface area contributed by atoms with Crippen LogP contribution in [0.25, 0.3) is 20.8 Å². The summed E-state index contributed by atoms with van der Waals surface area (Å²) < 4.78 is 44.9. The maximum absolute atomic E-state index is 12.8. The van der Waals surface area contributed by atoms with Gasteiger partial charge in [-0.2, -0.15) is 18.2 Å². The van der Waals surface area contributed by atoms with E-state index in [0.717, 1.165) is 10.2 Å². The summed E-state index contributed by atoms with van der Waals surface area (Å²) in [5.74, 6) is 0.117. The average molecular weight is 539 g/mol. The second kappa shape index (κ2) is 10.3. The van der Waals surface area contributed by atoms with E-state index in [4.69, 9.17) is 4.74 Å². The largest absolute Gasteiger partial charge is 0.444 e. The fraction of sp³-hybridized carbons (Fsp3) is 0.500. The van der Waals surface area contributed by atoms with Crippen LogP contribution in [0, 0.1) is 6.92 Å². The van der Waals surface area contributed by atoms with Crippen molar-refractivity contribution >= 4 is 39.4 Å². The second-order valence-corrected chi connectivity index (χ2v) is 10.9. The molecule has 37 heavy (non-hydrogen) atoms. The Kier molecular flexibility index (Phi) is 7.47. The maximum Gasteiger partial charge on any atom is 0.410 e. The molecule has 0 spiro atoms. The highest BCUT2D eigenvalue weighted by Gasteiger charge is 2.38. The van der Waals surface area contributed by atoms with Crippen LogP contribution in [0.1, 0.15) is 32.9 Å². The van der Waals surface area contributed by atoms with E-state index in [9.17, 15) is 23.1 Å². The Morgan fingerprint density at radius 1 is 1.22 bits per heavy atom. The molecular weight excluding hydrogens is 509 g/mol. The Balaban J connectivity index is 1.67. The maximum atomic E-state index is 12.8. The smallest absolute Gasteiger partial charge is 0.410 e. The monoisotopic (exact) mass is 538 g/mol. The van der Waals surface area contributed by atoms with Crippen LogP contribution in [0.5, 0.6) is 0 Å². The van der Waals surface area contributed by atoms with Gasteiger partial charge in [-0.05, 0) is 46.2 Å². The van der Waals surface area contributed by atoms with Crippen LogP contribution in [0.15, 0.2) is 24.3 Å². The molecule has 1 fully saturated rings. The number of nitrogens with zero attached hydrogens (tertiary/aromatic N) is 4. The van der Waals surface area contributed by atoms with E-state index in [2.05, 4.69) is 25.6 Å². The number of rotatable bonds is 6. The number of fused-ring (bicyclic) bond motifs is 1. The molecule has 3 N–H and O–H groups in total. The van der Waals surface area contributed by atoms with E-state index >= 15 is 0 Å². The summed E-state index contributed by atoms with van der Waals surface area (Å²) in [7, 11) is 0. The Morgan fingerprint density at radius 3 is 2.59 bits per heavy atom. The Hall–Kier alpha value is -3.19. The number of ether oxygens (including phenoxy) is 1. The third-order valence-corrected chi connectivity index (χ3v) is 6.69. The van der Waals surface area contributed by atoms with Crippen LogP contribution in [0.4, 0.5) is 29.7 Å². The van der Waals surface area contributed by atoms with Crippen LogP contribution in [-0.2, 0) is 4.74 Å². The first-order valence-corrected chi connectivity index (χ1v) is 12.6. The van der Waals surface area contributed by atoms with Crippen molar-refractivity contribution in [2.24, 2.45) is 0 Å². The van der Waals surface area contributed by atoms with Gasteiger partial charge in [-0.15, -0.1) is 11.3 Å². The van der Waals surface area contributed by atoms with Crippen molar-refractivity contribution in [1.82, 2.24) is 19.9 Å². The summed E-state index contributed by atoms with van der Waals surface area (Å²) in [6.45, 7) is 5.63. The molecule has 3 heterocycles. The number of benzene rings is 1. The van der Waals surface area contributed by atoms with E-state index in [1.54, 1.807) is 27.7 Å². The molecule has 0 radical (unpaired) electrons. The van der Waals surface area contributed by atoms with E-state index < -0.39 is 30.5 Å². The molecule has 4 rings (SSSR count). The van der Waals surface area contributed by atoms with E-state index in [1.165, 1.54) is 16.2 Å². The fourth-order valence-electron chi connectivity index (χ4n) is 4.10. The van der Waals surface area contributed by atoms with Crippen LogP contribution >= 0.6 is 11.3 Å². The number of nitrogens with one attached hydrogen (secondary N) is 2. The molecule has 2 aromatic heterocycles. The molecule has 1 aromatic carbocycles. The normalized spacial score (nSPS) is 18.3. The minimum absolute atomic E-state index is 0.178. The van der Waals surface area contributed by atoms with Gasteiger partial charge < -0.3 is 25.4 Å². The van der Waals surface area contributed by atoms with Gasteiger partial charge in [0.05, 0.1) is 34.1 Å². The lowest BCUT2D eigenvalue weighted by Gasteiger charge is -2.27. The SMILES string of the molecule is Cc1nc(NCC(F)(F)F)nc(N[C@@H]2CC(CO)N(C(=O)OC(C)(C)C)C2)c1-c1nc2ccccc2s1. The molecule has 0 bridgehead atoms. The molecular formula is C24H29F3N6O3S. The summed E-state index contributed by atoms with van der Waals surface area (Å²) in [6.07, 6.45) is -4.60. The van der Waals surface area contributed by atoms with Gasteiger partial charge in [0, 0.05) is 12.6 Å². The van der Waals surface area contributed by atoms with Crippen LogP contribution in [-0.4, -0.2) is 74.6 Å². The fourth-order valence-corrected chi connectivity index (χ4v) is 5.17. The number of likely N-dealkylation sites (tertiary alicyclic amines) is 1. The molecule has 2 atom stereocenters. The van der Waals surface area contributed by atoms with Crippen molar-refractivity contribution < 1.29 is 27.8 Å². The third kappa shape index (κ3) is 6.58. The summed E-state index contributed by atoms with van der Waals surface area (Å²) in [4.78, 5) is 27.5. The van der Waals surface area contributed by atoms with Crippen molar-refractivity contribution in [3.05, 3.63) is 30.0 Å². The summed E-state index contributed by atoms with van der Waals surface area (Å²) in [5, 5.41) is 16.0. The number of hydrogen-bond acceptors (Lipinski definition) is 9. The first-order valence-electron chi connectivity index (χ1n) is 11.7. The molecule has 200 valence electrons. The molecule has 0 aliphatic carbocycles. The summed E-state index contributed by atoms with van der Waals surface area (Å²) in [6, 6.07) is 6.75. The van der Waals surface area contributed by atoms with Gasteiger partial charge in [-0.25, -0.2) is 14.8 Å². The minimum Gasteiger partial charge on any atom is -0.444 e. The number of halogens is 3. The number of carbonyl (C=O) groups excluding carboxylic acids is 1. The van der Waals surface area contributed by atoms with Gasteiger partial charge in [0.15, 0.2) is 0 Å². The van der Waals surface area contributed by atoms with Gasteiger partial charge in [-0.1, -0.05) is 12.1 Å². The first-order chi connectivity index (χ1) is 17.3. The number of para-hydroxylation sites is 1. The molecule has 1 unspecified atom stereocenters. The van der Waals surface area contributed by atoms with Crippen molar-refractivity contribution in [3.63, 3.8) is 0 Å². The number of anilines is 2. The highest BCUT2D eigenvalue weighted by atomic mass is 32.1. The Bertz CT molecular complexity index is 1240. The third-order valence-electron chi connectivity index (χ3n) is 5.64. The number of aromatic nitrogens is 3. The molecule has 1 aliphatic heterocycles. The van der Waals surface area contributed by atoms with Gasteiger partial charge in [-0.3, -0.25) is 0 Å². The molecule has 13 heteroatoms. The highest BCUT2D eigenvalue weighted by Crippen LogP contribution is 2.37. The lowest BCUT2D eigenvalue weighted by Crippen LogP contribution is -2.41. The Labute approximate surface area is 216 Å². The molecule has 1 saturated heterocycles. The lowest BCUT2D eigenvalue weighted by atomic mass is 10.1. The summed E-state index contributed by atoms with van der Waals surface area (Å²) >= 11 is 1.42. The zero-order valence-electron chi connectivity index (χ0n) is 20.9. The number of carbonyl (C=O) groups is 1. The van der Waals surface area contributed by atoms with E-state index in [1.807, 2.05) is 24.3 Å². The average Bonchev–Trinajstić information content (AvgIpc) is 3.39. The number of hydrogen-bond donors (Lipinski definition) is 3. The standard InChI is InChI=1S/C24H29F3N6O3S/c1-13-18(20-31-16-7-5-6-8-17(16)37-20)19(32-21(29-13)28-12-24(25,26)27)30-14-9-15(11-34)33(10-14)22(35)36-23(2,3)4/h5-8,14-15,34H,9-12H2,1-4H3,(H2,28,29,30,32)/t14-,15?/m1/s1. The topological polar surface area (TPSA) is 112 Å². The highest BCUT2D eigenvalue weighted by molar-refractivity contribution is 7.21. The number of thiazole rings is 1. The van der Waals surface area contributed by atoms with Gasteiger partial charge >= 0.3 is 12.3 Å². The van der Waals surface area contributed by atoms with Gasteiger partial charge in [0.2, 0.25) is 5.95 Å². The number of alkyl halides is 3.